The maximum atomic E-state index is 12.6. The number of rotatable bonds is 3. The van der Waals surface area contributed by atoms with Crippen molar-refractivity contribution in [1.29, 1.82) is 0 Å². The summed E-state index contributed by atoms with van der Waals surface area (Å²) < 4.78 is 37.9. The van der Waals surface area contributed by atoms with Crippen LogP contribution >= 0.6 is 11.6 Å². The predicted molar refractivity (Wildman–Crippen MR) is 91.2 cm³/mol. The van der Waals surface area contributed by atoms with Crippen molar-refractivity contribution >= 4 is 34.4 Å². The Balaban J connectivity index is 1.68. The van der Waals surface area contributed by atoms with E-state index in [-0.39, 0.29) is 11.6 Å². The molecule has 6 nitrogen and oxygen atoms in total. The van der Waals surface area contributed by atoms with Gasteiger partial charge in [0.1, 0.15) is 0 Å². The summed E-state index contributed by atoms with van der Waals surface area (Å²) in [7, 11) is 0. The predicted octanol–water partition coefficient (Wildman–Crippen LogP) is 3.85. The zero-order chi connectivity index (χ0) is 18.9. The number of imidazole rings is 1. The number of H-pyrrole nitrogens is 2. The molecule has 0 radical (unpaired) electrons. The van der Waals surface area contributed by atoms with Gasteiger partial charge in [0.15, 0.2) is 0 Å². The Morgan fingerprint density at radius 2 is 1.92 bits per heavy atom. The lowest BCUT2D eigenvalue weighted by atomic mass is 10.1. The molecule has 136 valence electrons. The van der Waals surface area contributed by atoms with E-state index in [1.807, 2.05) is 0 Å². The third-order valence-corrected chi connectivity index (χ3v) is 3.97. The lowest BCUT2D eigenvalue weighted by Crippen LogP contribution is -2.28. The largest absolute Gasteiger partial charge is 0.416 e. The fourth-order valence-electron chi connectivity index (χ4n) is 2.37. The molecule has 0 fully saturated rings. The molecule has 4 N–H and O–H groups in total. The van der Waals surface area contributed by atoms with Crippen LogP contribution in [0.2, 0.25) is 5.02 Å². The molecule has 1 aromatic heterocycles. The molecule has 2 aromatic carbocycles. The van der Waals surface area contributed by atoms with Crippen molar-refractivity contribution in [3.63, 3.8) is 0 Å². The standard InChI is InChI=1S/C16H12ClF3N4O2/c17-10-6-9(16(18,19)20)5-4-8(10)7-21-14(25)22-11-2-1-3-12-13(11)24-15(26)23-12/h1-6H,7H2,(H2,21,22,25)(H2,23,24,26). The highest BCUT2D eigenvalue weighted by atomic mass is 35.5. The van der Waals surface area contributed by atoms with E-state index >= 15 is 0 Å². The molecule has 26 heavy (non-hydrogen) atoms. The summed E-state index contributed by atoms with van der Waals surface area (Å²) in [4.78, 5) is 28.5. The van der Waals surface area contributed by atoms with Crippen LogP contribution < -0.4 is 16.3 Å². The van der Waals surface area contributed by atoms with Crippen molar-refractivity contribution in [2.45, 2.75) is 12.7 Å². The van der Waals surface area contributed by atoms with E-state index in [0.717, 1.165) is 12.1 Å². The van der Waals surface area contributed by atoms with E-state index in [1.165, 1.54) is 6.07 Å². The van der Waals surface area contributed by atoms with Crippen molar-refractivity contribution in [2.24, 2.45) is 0 Å². The number of aromatic amines is 2. The van der Waals surface area contributed by atoms with Crippen LogP contribution in [0.1, 0.15) is 11.1 Å². The molecule has 10 heteroatoms. The van der Waals surface area contributed by atoms with Gasteiger partial charge in [0.05, 0.1) is 22.3 Å². The van der Waals surface area contributed by atoms with Gasteiger partial charge < -0.3 is 20.6 Å². The van der Waals surface area contributed by atoms with Gasteiger partial charge in [-0.15, -0.1) is 0 Å². The first-order valence-corrected chi connectivity index (χ1v) is 7.73. The van der Waals surface area contributed by atoms with Gasteiger partial charge in [0.25, 0.3) is 0 Å². The number of alkyl halides is 3. The molecule has 0 saturated heterocycles. The monoisotopic (exact) mass is 384 g/mol. The smallest absolute Gasteiger partial charge is 0.334 e. The number of hydrogen-bond donors (Lipinski definition) is 4. The summed E-state index contributed by atoms with van der Waals surface area (Å²) in [6, 6.07) is 7.21. The number of halogens is 4. The molecule has 0 aliphatic rings. The first kappa shape index (κ1) is 17.9. The molecular weight excluding hydrogens is 373 g/mol. The number of carbonyl (C=O) groups excluding carboxylic acids is 1. The van der Waals surface area contributed by atoms with Gasteiger partial charge in [-0.2, -0.15) is 13.2 Å². The third kappa shape index (κ3) is 3.83. The van der Waals surface area contributed by atoms with Crippen LogP contribution in [0.5, 0.6) is 0 Å². The van der Waals surface area contributed by atoms with E-state index < -0.39 is 23.5 Å². The fraction of sp³-hybridized carbons (Fsp3) is 0.125. The minimum absolute atomic E-state index is 0.0670. The average molecular weight is 385 g/mol. The number of carbonyl (C=O) groups is 1. The second kappa shape index (κ2) is 6.75. The van der Waals surface area contributed by atoms with Crippen LogP contribution in [-0.4, -0.2) is 16.0 Å². The minimum Gasteiger partial charge on any atom is -0.334 e. The maximum Gasteiger partial charge on any atom is 0.416 e. The third-order valence-electron chi connectivity index (χ3n) is 3.62. The number of urea groups is 1. The van der Waals surface area contributed by atoms with Crippen LogP contribution in [0.25, 0.3) is 11.0 Å². The number of amides is 2. The summed E-state index contributed by atoms with van der Waals surface area (Å²) in [5, 5.41) is 4.96. The van der Waals surface area contributed by atoms with E-state index in [1.54, 1.807) is 18.2 Å². The number of benzene rings is 2. The summed E-state index contributed by atoms with van der Waals surface area (Å²) in [5.74, 6) is 0. The Morgan fingerprint density at radius 3 is 2.62 bits per heavy atom. The second-order valence-electron chi connectivity index (χ2n) is 5.42. The molecule has 2 amide bonds. The first-order valence-electron chi connectivity index (χ1n) is 7.35. The fourth-order valence-corrected chi connectivity index (χ4v) is 2.62. The molecule has 0 bridgehead atoms. The molecule has 3 aromatic rings. The van der Waals surface area contributed by atoms with Gasteiger partial charge in [0.2, 0.25) is 0 Å². The highest BCUT2D eigenvalue weighted by Crippen LogP contribution is 2.32. The molecule has 0 atom stereocenters. The molecule has 0 aliphatic carbocycles. The van der Waals surface area contributed by atoms with E-state index in [4.69, 9.17) is 11.6 Å². The van der Waals surface area contributed by atoms with Gasteiger partial charge in [-0.05, 0) is 29.8 Å². The Hall–Kier alpha value is -2.94. The normalized spacial score (nSPS) is 11.5. The quantitative estimate of drug-likeness (QED) is 0.552. The van der Waals surface area contributed by atoms with Crippen molar-refractivity contribution in [3.05, 3.63) is 63.0 Å². The van der Waals surface area contributed by atoms with Crippen LogP contribution in [0.4, 0.5) is 23.7 Å². The van der Waals surface area contributed by atoms with Gasteiger partial charge >= 0.3 is 17.9 Å². The summed E-state index contributed by atoms with van der Waals surface area (Å²) in [6.07, 6.45) is -4.49. The Kier molecular flexibility index (Phi) is 4.64. The Bertz CT molecular complexity index is 1030. The number of aromatic nitrogens is 2. The molecule has 0 aliphatic heterocycles. The molecule has 0 spiro atoms. The number of hydrogen-bond acceptors (Lipinski definition) is 2. The topological polar surface area (TPSA) is 89.8 Å². The van der Waals surface area contributed by atoms with Crippen molar-refractivity contribution in [1.82, 2.24) is 15.3 Å². The first-order chi connectivity index (χ1) is 12.2. The zero-order valence-electron chi connectivity index (χ0n) is 13.0. The van der Waals surface area contributed by atoms with Crippen molar-refractivity contribution in [3.8, 4) is 0 Å². The SMILES string of the molecule is O=C(NCc1ccc(C(F)(F)F)cc1Cl)Nc1cccc2[nH]c(=O)[nH]c12. The van der Waals surface area contributed by atoms with E-state index in [9.17, 15) is 22.8 Å². The van der Waals surface area contributed by atoms with Gasteiger partial charge in [-0.3, -0.25) is 0 Å². The zero-order valence-corrected chi connectivity index (χ0v) is 13.8. The number of nitrogens with one attached hydrogen (secondary N) is 4. The lowest BCUT2D eigenvalue weighted by Gasteiger charge is -2.11. The number of fused-ring (bicyclic) bond motifs is 1. The van der Waals surface area contributed by atoms with Crippen LogP contribution in [0.3, 0.4) is 0 Å². The molecule has 3 rings (SSSR count). The van der Waals surface area contributed by atoms with Gasteiger partial charge in [-0.1, -0.05) is 23.7 Å². The molecule has 1 heterocycles. The summed E-state index contributed by atoms with van der Waals surface area (Å²) in [5.41, 5.74) is 0.392. The van der Waals surface area contributed by atoms with Gasteiger partial charge in [0, 0.05) is 11.6 Å². The minimum atomic E-state index is -4.49. The number of anilines is 1. The number of para-hydroxylation sites is 1. The molecule has 0 unspecified atom stereocenters. The average Bonchev–Trinajstić information content (AvgIpc) is 2.94. The maximum absolute atomic E-state index is 12.6. The summed E-state index contributed by atoms with van der Waals surface area (Å²) >= 11 is 5.84. The lowest BCUT2D eigenvalue weighted by molar-refractivity contribution is -0.137. The second-order valence-corrected chi connectivity index (χ2v) is 5.83. The van der Waals surface area contributed by atoms with Crippen molar-refractivity contribution in [2.75, 3.05) is 5.32 Å². The van der Waals surface area contributed by atoms with Crippen molar-refractivity contribution < 1.29 is 18.0 Å². The molecular formula is C16H12ClF3N4O2. The highest BCUT2D eigenvalue weighted by molar-refractivity contribution is 6.31. The Morgan fingerprint density at radius 1 is 1.15 bits per heavy atom. The van der Waals surface area contributed by atoms with E-state index in [2.05, 4.69) is 20.6 Å². The Labute approximate surface area is 149 Å². The van der Waals surface area contributed by atoms with E-state index in [0.29, 0.717) is 22.3 Å². The van der Waals surface area contributed by atoms with Gasteiger partial charge in [-0.25, -0.2) is 9.59 Å². The van der Waals surface area contributed by atoms with Crippen LogP contribution in [0.15, 0.2) is 41.2 Å². The van der Waals surface area contributed by atoms with Crippen LogP contribution in [0, 0.1) is 0 Å². The highest BCUT2D eigenvalue weighted by Gasteiger charge is 2.30. The van der Waals surface area contributed by atoms with Crippen LogP contribution in [-0.2, 0) is 12.7 Å². The summed E-state index contributed by atoms with van der Waals surface area (Å²) in [6.45, 7) is -0.0670. The molecule has 0 saturated carbocycles.